The number of amides is 1. The van der Waals surface area contributed by atoms with Gasteiger partial charge in [0.25, 0.3) is 0 Å². The van der Waals surface area contributed by atoms with E-state index in [4.69, 9.17) is 4.74 Å². The summed E-state index contributed by atoms with van der Waals surface area (Å²) in [6, 6.07) is -0.706. The summed E-state index contributed by atoms with van der Waals surface area (Å²) in [7, 11) is 0. The summed E-state index contributed by atoms with van der Waals surface area (Å²) in [6.07, 6.45) is 48.8. The molecule has 314 valence electrons. The molecule has 0 aromatic carbocycles. The first kappa shape index (κ1) is 51.8. The number of nitrogens with one attached hydrogen (secondary N) is 1. The van der Waals surface area contributed by atoms with E-state index in [0.717, 1.165) is 70.6 Å². The highest BCUT2D eigenvalue weighted by atomic mass is 16.5. The largest absolute Gasteiger partial charge is 0.462 e. The quantitative estimate of drug-likeness (QED) is 0.0329. The highest BCUT2D eigenvalue weighted by Crippen LogP contribution is 2.18. The molecule has 0 radical (unpaired) electrons. The second kappa shape index (κ2) is 42.0. The van der Waals surface area contributed by atoms with E-state index in [1.54, 1.807) is 0 Å². The number of allylic oxidation sites excluding steroid dienone is 8. The molecule has 0 rings (SSSR count). The molecule has 0 saturated heterocycles. The van der Waals surface area contributed by atoms with E-state index in [1.807, 2.05) is 30.4 Å². The maximum absolute atomic E-state index is 13.1. The molecule has 0 aromatic heterocycles. The molecule has 3 atom stereocenters. The van der Waals surface area contributed by atoms with E-state index in [2.05, 4.69) is 44.3 Å². The predicted octanol–water partition coefficient (Wildman–Crippen LogP) is 13.1. The third-order valence-corrected chi connectivity index (χ3v) is 10.3. The van der Waals surface area contributed by atoms with E-state index >= 15 is 0 Å². The van der Waals surface area contributed by atoms with Gasteiger partial charge in [-0.15, -0.1) is 0 Å². The van der Waals surface area contributed by atoms with Gasteiger partial charge >= 0.3 is 5.97 Å². The van der Waals surface area contributed by atoms with E-state index in [0.29, 0.717) is 19.3 Å². The van der Waals surface area contributed by atoms with Gasteiger partial charge in [0.1, 0.15) is 6.10 Å². The molecule has 0 heterocycles. The molecule has 1 amide bonds. The summed E-state index contributed by atoms with van der Waals surface area (Å²) in [5, 5.41) is 23.6. The van der Waals surface area contributed by atoms with Crippen molar-refractivity contribution in [1.29, 1.82) is 0 Å². The Morgan fingerprint density at radius 2 is 1.00 bits per heavy atom. The number of hydrogen-bond acceptors (Lipinski definition) is 5. The summed E-state index contributed by atoms with van der Waals surface area (Å²) in [4.78, 5) is 26.0. The van der Waals surface area contributed by atoms with Crippen molar-refractivity contribution in [2.45, 2.75) is 238 Å². The lowest BCUT2D eigenvalue weighted by molar-refractivity contribution is -0.151. The lowest BCUT2D eigenvalue weighted by Crippen LogP contribution is -2.46. The molecule has 0 aliphatic rings. The summed E-state index contributed by atoms with van der Waals surface area (Å²) in [5.41, 5.74) is 0. The van der Waals surface area contributed by atoms with Crippen LogP contribution in [0.15, 0.2) is 48.6 Å². The zero-order chi connectivity index (χ0) is 39.6. The number of aliphatic hydroxyl groups excluding tert-OH is 2. The lowest BCUT2D eigenvalue weighted by Gasteiger charge is -2.24. The summed E-state index contributed by atoms with van der Waals surface area (Å²) in [6.45, 7) is 6.31. The molecule has 0 aliphatic heterocycles. The van der Waals surface area contributed by atoms with Crippen molar-refractivity contribution in [3.63, 3.8) is 0 Å². The number of hydrogen-bond donors (Lipinski definition) is 3. The van der Waals surface area contributed by atoms with Crippen LogP contribution >= 0.6 is 0 Å². The number of unbranched alkanes of at least 4 members (excludes halogenated alkanes) is 23. The van der Waals surface area contributed by atoms with Crippen LogP contribution < -0.4 is 5.32 Å². The predicted molar refractivity (Wildman–Crippen MR) is 232 cm³/mol. The van der Waals surface area contributed by atoms with E-state index < -0.39 is 18.2 Å². The monoisotopic (exact) mass is 758 g/mol. The van der Waals surface area contributed by atoms with Crippen LogP contribution in [-0.4, -0.2) is 46.9 Å². The fourth-order valence-corrected chi connectivity index (χ4v) is 6.79. The molecular weight excluding hydrogens is 671 g/mol. The fourth-order valence-electron chi connectivity index (χ4n) is 6.79. The Labute approximate surface area is 334 Å². The van der Waals surface area contributed by atoms with Crippen molar-refractivity contribution in [2.24, 2.45) is 0 Å². The van der Waals surface area contributed by atoms with Gasteiger partial charge in [-0.05, 0) is 44.9 Å². The zero-order valence-corrected chi connectivity index (χ0v) is 35.6. The number of carbonyl (C=O) groups excluding carboxylic acids is 2. The van der Waals surface area contributed by atoms with Crippen molar-refractivity contribution in [3.05, 3.63) is 48.6 Å². The van der Waals surface area contributed by atoms with E-state index in [9.17, 15) is 19.8 Å². The molecule has 0 saturated carbocycles. The minimum absolute atomic E-state index is 0.0631. The van der Waals surface area contributed by atoms with Crippen molar-refractivity contribution < 1.29 is 24.5 Å². The second-order valence-electron chi connectivity index (χ2n) is 15.5. The molecule has 54 heavy (non-hydrogen) atoms. The van der Waals surface area contributed by atoms with Gasteiger partial charge in [-0.25, -0.2) is 0 Å². The molecule has 0 spiro atoms. The lowest BCUT2D eigenvalue weighted by atomic mass is 10.0. The number of aliphatic hydroxyl groups is 2. The van der Waals surface area contributed by atoms with Crippen LogP contribution in [0.3, 0.4) is 0 Å². The van der Waals surface area contributed by atoms with Gasteiger partial charge in [-0.3, -0.25) is 9.59 Å². The number of rotatable bonds is 40. The van der Waals surface area contributed by atoms with Crippen LogP contribution in [0.5, 0.6) is 0 Å². The first-order valence-electron chi connectivity index (χ1n) is 22.9. The third kappa shape index (κ3) is 36.8. The molecule has 0 bridgehead atoms. The van der Waals surface area contributed by atoms with Crippen molar-refractivity contribution in [3.8, 4) is 0 Å². The Morgan fingerprint density at radius 3 is 1.50 bits per heavy atom. The Balaban J connectivity index is 4.66. The summed E-state index contributed by atoms with van der Waals surface area (Å²) < 4.78 is 5.88. The molecule has 6 heteroatoms. The van der Waals surface area contributed by atoms with Gasteiger partial charge in [0, 0.05) is 6.42 Å². The summed E-state index contributed by atoms with van der Waals surface area (Å²) >= 11 is 0. The molecule has 0 fully saturated rings. The normalized spacial score (nSPS) is 13.8. The second-order valence-corrected chi connectivity index (χ2v) is 15.5. The maximum atomic E-state index is 13.1. The third-order valence-electron chi connectivity index (χ3n) is 10.3. The van der Waals surface area contributed by atoms with E-state index in [1.165, 1.54) is 103 Å². The van der Waals surface area contributed by atoms with Crippen molar-refractivity contribution >= 4 is 11.9 Å². The first-order chi connectivity index (χ1) is 26.5. The van der Waals surface area contributed by atoms with Gasteiger partial charge in [0.15, 0.2) is 0 Å². The molecule has 3 N–H and O–H groups in total. The van der Waals surface area contributed by atoms with E-state index in [-0.39, 0.29) is 24.9 Å². The van der Waals surface area contributed by atoms with Crippen LogP contribution in [-0.2, 0) is 14.3 Å². The number of ether oxygens (including phenoxy) is 1. The van der Waals surface area contributed by atoms with Gasteiger partial charge in [-0.1, -0.05) is 211 Å². The molecule has 0 aliphatic carbocycles. The number of carbonyl (C=O) groups is 2. The van der Waals surface area contributed by atoms with Crippen LogP contribution in [0.1, 0.15) is 220 Å². The molecular formula is C48H87NO5. The van der Waals surface area contributed by atoms with Gasteiger partial charge in [0.2, 0.25) is 5.91 Å². The highest BCUT2D eigenvalue weighted by Gasteiger charge is 2.24. The summed E-state index contributed by atoms with van der Waals surface area (Å²) in [5.74, 6) is -0.518. The Bertz CT molecular complexity index is 941. The molecule has 6 nitrogen and oxygen atoms in total. The first-order valence-corrected chi connectivity index (χ1v) is 22.9. The minimum atomic E-state index is -0.791. The van der Waals surface area contributed by atoms with Crippen LogP contribution in [0.2, 0.25) is 0 Å². The van der Waals surface area contributed by atoms with Crippen molar-refractivity contribution in [2.75, 3.05) is 6.61 Å². The average Bonchev–Trinajstić information content (AvgIpc) is 3.16. The highest BCUT2D eigenvalue weighted by molar-refractivity contribution is 5.77. The molecule has 3 unspecified atom stereocenters. The standard InChI is InChI=1S/C48H87NO5/c1-4-7-10-13-16-19-22-24-26-29-32-35-38-41-48(53)54-44(39-36-33-30-27-25-23-20-17-14-11-8-5-2)42-47(52)49-45(43-50)46(51)40-37-34-31-28-21-18-15-12-9-6-3/h7,10,13,16,19,22,24,26,44-46,50-51H,4-6,8-9,11-12,14-15,17-18,20-21,23,25,27-43H2,1-3H3,(H,49,52)/b10-7+,16-13+,22-19-,26-24-. The average molecular weight is 758 g/mol. The fraction of sp³-hybridized carbons (Fsp3) is 0.792. The topological polar surface area (TPSA) is 95.9 Å². The maximum Gasteiger partial charge on any atom is 0.306 e. The van der Waals surface area contributed by atoms with Crippen LogP contribution in [0.4, 0.5) is 0 Å². The van der Waals surface area contributed by atoms with Crippen LogP contribution in [0, 0.1) is 0 Å². The van der Waals surface area contributed by atoms with Gasteiger partial charge in [0.05, 0.1) is 25.2 Å². The van der Waals surface area contributed by atoms with Crippen LogP contribution in [0.25, 0.3) is 0 Å². The Hall–Kier alpha value is -2.18. The Kier molecular flexibility index (Phi) is 40.3. The molecule has 0 aromatic rings. The SMILES string of the molecule is CC/C=C/C=C/C=C\C=C/CCCCCC(=O)OC(CCCCCCCCCCCCCC)CC(=O)NC(CO)C(O)CCCCCCCCCCCC. The Morgan fingerprint density at radius 1 is 0.556 bits per heavy atom. The van der Waals surface area contributed by atoms with Crippen molar-refractivity contribution in [1.82, 2.24) is 5.32 Å². The number of esters is 1. The minimum Gasteiger partial charge on any atom is -0.462 e. The van der Waals surface area contributed by atoms with Gasteiger partial charge < -0.3 is 20.3 Å². The smallest absolute Gasteiger partial charge is 0.306 e. The zero-order valence-electron chi connectivity index (χ0n) is 35.6. The van der Waals surface area contributed by atoms with Gasteiger partial charge in [-0.2, -0.15) is 0 Å².